The van der Waals surface area contributed by atoms with E-state index >= 15 is 0 Å². The average Bonchev–Trinajstić information content (AvgIpc) is 2.87. The molecule has 1 aromatic rings. The molecule has 0 bridgehead atoms. The van der Waals surface area contributed by atoms with E-state index in [1.165, 1.54) is 25.0 Å². The first-order valence-electron chi connectivity index (χ1n) is 7.47. The Kier molecular flexibility index (Phi) is 3.38. The highest BCUT2D eigenvalue weighted by Crippen LogP contribution is 2.60. The van der Waals surface area contributed by atoms with E-state index in [0.717, 1.165) is 24.3 Å². The van der Waals surface area contributed by atoms with Gasteiger partial charge in [0, 0.05) is 23.9 Å². The molecule has 2 fully saturated rings. The summed E-state index contributed by atoms with van der Waals surface area (Å²) in [5, 5.41) is 3.73. The topological polar surface area (TPSA) is 24.9 Å². The van der Waals surface area contributed by atoms with E-state index in [0.29, 0.717) is 12.0 Å². The van der Waals surface area contributed by atoms with E-state index in [1.807, 2.05) is 12.3 Å². The molecule has 3 rings (SSSR count). The number of hydrogen-bond acceptors (Lipinski definition) is 2. The predicted molar refractivity (Wildman–Crippen MR) is 74.4 cm³/mol. The zero-order chi connectivity index (χ0) is 12.5. The second-order valence-electron chi connectivity index (χ2n) is 5.96. The van der Waals surface area contributed by atoms with Crippen LogP contribution in [0.25, 0.3) is 0 Å². The minimum absolute atomic E-state index is 0.529. The summed E-state index contributed by atoms with van der Waals surface area (Å²) >= 11 is 0. The molecule has 1 N–H and O–H groups in total. The molecule has 1 aromatic heterocycles. The van der Waals surface area contributed by atoms with Gasteiger partial charge in [-0.25, -0.2) is 0 Å². The highest BCUT2D eigenvalue weighted by Gasteiger charge is 2.56. The monoisotopic (exact) mass is 244 g/mol. The Balaban J connectivity index is 1.74. The van der Waals surface area contributed by atoms with Crippen molar-refractivity contribution < 1.29 is 0 Å². The first-order chi connectivity index (χ1) is 8.83. The molecular formula is C16H24N2. The van der Waals surface area contributed by atoms with E-state index in [1.54, 1.807) is 0 Å². The quantitative estimate of drug-likeness (QED) is 0.860. The molecule has 0 spiro atoms. The van der Waals surface area contributed by atoms with Crippen LogP contribution in [0.5, 0.6) is 0 Å². The van der Waals surface area contributed by atoms with Crippen LogP contribution in [0.1, 0.15) is 44.7 Å². The summed E-state index contributed by atoms with van der Waals surface area (Å²) in [7, 11) is 0. The van der Waals surface area contributed by atoms with Crippen molar-refractivity contribution in [2.75, 3.05) is 6.54 Å². The van der Waals surface area contributed by atoms with Gasteiger partial charge in [0.05, 0.1) is 0 Å². The highest BCUT2D eigenvalue weighted by atomic mass is 15.0. The van der Waals surface area contributed by atoms with Crippen molar-refractivity contribution in [3.63, 3.8) is 0 Å². The van der Waals surface area contributed by atoms with Crippen LogP contribution in [0, 0.1) is 17.8 Å². The molecule has 18 heavy (non-hydrogen) atoms. The van der Waals surface area contributed by atoms with Crippen LogP contribution in [0.3, 0.4) is 0 Å². The first kappa shape index (κ1) is 12.2. The summed E-state index contributed by atoms with van der Waals surface area (Å²) in [6.07, 6.45) is 6.31. The molecule has 2 aliphatic rings. The molecule has 2 saturated carbocycles. The van der Waals surface area contributed by atoms with Crippen LogP contribution in [-0.2, 0) is 0 Å². The SMILES string of the molecule is CCNC(C(C)c1ccccn1)C1C2CCCC21. The van der Waals surface area contributed by atoms with Gasteiger partial charge in [-0.1, -0.05) is 26.3 Å². The lowest BCUT2D eigenvalue weighted by atomic mass is 9.90. The van der Waals surface area contributed by atoms with Crippen LogP contribution in [0.2, 0.25) is 0 Å². The lowest BCUT2D eigenvalue weighted by Gasteiger charge is -2.26. The van der Waals surface area contributed by atoms with Gasteiger partial charge in [-0.05, 0) is 49.3 Å². The molecule has 0 amide bonds. The van der Waals surface area contributed by atoms with Gasteiger partial charge in [0.1, 0.15) is 0 Å². The zero-order valence-corrected chi connectivity index (χ0v) is 11.5. The average molecular weight is 244 g/mol. The summed E-state index contributed by atoms with van der Waals surface area (Å²) in [4.78, 5) is 4.55. The third-order valence-corrected chi connectivity index (χ3v) is 5.02. The van der Waals surface area contributed by atoms with Crippen molar-refractivity contribution in [1.29, 1.82) is 0 Å². The lowest BCUT2D eigenvalue weighted by Crippen LogP contribution is -2.37. The minimum Gasteiger partial charge on any atom is -0.313 e. The Morgan fingerprint density at radius 3 is 2.72 bits per heavy atom. The Morgan fingerprint density at radius 1 is 1.33 bits per heavy atom. The highest BCUT2D eigenvalue weighted by molar-refractivity contribution is 5.16. The van der Waals surface area contributed by atoms with Gasteiger partial charge in [-0.2, -0.15) is 0 Å². The van der Waals surface area contributed by atoms with Gasteiger partial charge in [-0.3, -0.25) is 4.98 Å². The minimum atomic E-state index is 0.529. The van der Waals surface area contributed by atoms with Crippen molar-refractivity contribution >= 4 is 0 Å². The maximum absolute atomic E-state index is 4.55. The van der Waals surface area contributed by atoms with Gasteiger partial charge in [-0.15, -0.1) is 0 Å². The Morgan fingerprint density at radius 2 is 2.11 bits per heavy atom. The molecule has 4 unspecified atom stereocenters. The smallest absolute Gasteiger partial charge is 0.0447 e. The van der Waals surface area contributed by atoms with Gasteiger partial charge >= 0.3 is 0 Å². The van der Waals surface area contributed by atoms with Crippen LogP contribution in [-0.4, -0.2) is 17.6 Å². The van der Waals surface area contributed by atoms with E-state index < -0.39 is 0 Å². The van der Waals surface area contributed by atoms with E-state index in [9.17, 15) is 0 Å². The Bertz CT molecular complexity index is 379. The summed E-state index contributed by atoms with van der Waals surface area (Å²) < 4.78 is 0. The molecule has 1 heterocycles. The maximum Gasteiger partial charge on any atom is 0.0447 e. The van der Waals surface area contributed by atoms with Crippen molar-refractivity contribution in [3.05, 3.63) is 30.1 Å². The molecule has 2 aliphatic carbocycles. The Labute approximate surface area is 110 Å². The second-order valence-corrected chi connectivity index (χ2v) is 5.96. The third kappa shape index (κ3) is 2.07. The Hall–Kier alpha value is -0.890. The number of rotatable bonds is 5. The number of pyridine rings is 1. The van der Waals surface area contributed by atoms with Gasteiger partial charge < -0.3 is 5.32 Å². The van der Waals surface area contributed by atoms with Gasteiger partial charge in [0.15, 0.2) is 0 Å². The number of nitrogens with one attached hydrogen (secondary N) is 1. The fraction of sp³-hybridized carbons (Fsp3) is 0.688. The maximum atomic E-state index is 4.55. The second kappa shape index (κ2) is 5.00. The molecule has 98 valence electrons. The zero-order valence-electron chi connectivity index (χ0n) is 11.5. The number of hydrogen-bond donors (Lipinski definition) is 1. The molecule has 0 saturated heterocycles. The van der Waals surface area contributed by atoms with Gasteiger partial charge in [0.25, 0.3) is 0 Å². The number of aromatic nitrogens is 1. The number of nitrogens with zero attached hydrogens (tertiary/aromatic N) is 1. The fourth-order valence-corrected chi connectivity index (χ4v) is 4.12. The molecule has 0 aliphatic heterocycles. The van der Waals surface area contributed by atoms with Crippen LogP contribution < -0.4 is 5.32 Å². The molecule has 4 atom stereocenters. The number of likely N-dealkylation sites (N-methyl/N-ethyl adjacent to an activating group) is 1. The summed E-state index contributed by atoms with van der Waals surface area (Å²) in [5.41, 5.74) is 1.24. The van der Waals surface area contributed by atoms with Crippen molar-refractivity contribution in [2.45, 2.75) is 45.1 Å². The van der Waals surface area contributed by atoms with Crippen molar-refractivity contribution in [2.24, 2.45) is 17.8 Å². The van der Waals surface area contributed by atoms with Crippen LogP contribution in [0.4, 0.5) is 0 Å². The predicted octanol–water partition coefficient (Wildman–Crippen LogP) is 3.21. The van der Waals surface area contributed by atoms with E-state index in [2.05, 4.69) is 36.3 Å². The largest absolute Gasteiger partial charge is 0.313 e. The third-order valence-electron chi connectivity index (χ3n) is 5.02. The van der Waals surface area contributed by atoms with Gasteiger partial charge in [0.2, 0.25) is 0 Å². The van der Waals surface area contributed by atoms with Crippen molar-refractivity contribution in [1.82, 2.24) is 10.3 Å². The van der Waals surface area contributed by atoms with E-state index in [4.69, 9.17) is 0 Å². The van der Waals surface area contributed by atoms with Crippen LogP contribution in [0.15, 0.2) is 24.4 Å². The van der Waals surface area contributed by atoms with Crippen molar-refractivity contribution in [3.8, 4) is 0 Å². The molecule has 0 aromatic carbocycles. The normalized spacial score (nSPS) is 32.9. The fourth-order valence-electron chi connectivity index (χ4n) is 4.12. The standard InChI is InChI=1S/C16H24N2/c1-3-17-16(15-12-7-6-8-13(12)15)11(2)14-9-4-5-10-18-14/h4-5,9-13,15-17H,3,6-8H2,1-2H3. The summed E-state index contributed by atoms with van der Waals surface area (Å²) in [5.74, 6) is 3.47. The van der Waals surface area contributed by atoms with E-state index in [-0.39, 0.29) is 0 Å². The summed E-state index contributed by atoms with van der Waals surface area (Å²) in [6.45, 7) is 5.62. The number of fused-ring (bicyclic) bond motifs is 1. The first-order valence-corrected chi connectivity index (χ1v) is 7.47. The molecule has 2 heteroatoms. The lowest BCUT2D eigenvalue weighted by molar-refractivity contribution is 0.365. The van der Waals surface area contributed by atoms with Crippen LogP contribution >= 0.6 is 0 Å². The molecule has 0 radical (unpaired) electrons. The molecular weight excluding hydrogens is 220 g/mol. The molecule has 2 nitrogen and oxygen atoms in total. The summed E-state index contributed by atoms with van der Waals surface area (Å²) in [6, 6.07) is 6.91.